The maximum atomic E-state index is 12.9. The highest BCUT2D eigenvalue weighted by Gasteiger charge is 2.26. The third-order valence-corrected chi connectivity index (χ3v) is 4.63. The van der Waals surface area contributed by atoms with Gasteiger partial charge in [0.15, 0.2) is 0 Å². The van der Waals surface area contributed by atoms with Gasteiger partial charge < -0.3 is 25.2 Å². The number of rotatable bonds is 12. The van der Waals surface area contributed by atoms with Gasteiger partial charge in [0.1, 0.15) is 18.7 Å². The number of hydrogen-bond acceptors (Lipinski definition) is 6. The Bertz CT molecular complexity index is 977. The summed E-state index contributed by atoms with van der Waals surface area (Å²) in [5, 5.41) is 14.4. The Balaban J connectivity index is 2.05. The smallest absolute Gasteiger partial charge is 0.408 e. The van der Waals surface area contributed by atoms with E-state index in [4.69, 9.17) is 9.47 Å². The lowest BCUT2D eigenvalue weighted by molar-refractivity contribution is -0.142. The molecule has 2 amide bonds. The topological polar surface area (TPSA) is 131 Å². The van der Waals surface area contributed by atoms with E-state index in [1.165, 1.54) is 6.08 Å². The van der Waals surface area contributed by atoms with Crippen molar-refractivity contribution in [2.75, 3.05) is 6.61 Å². The average Bonchev–Trinajstić information content (AvgIpc) is 2.83. The van der Waals surface area contributed by atoms with Gasteiger partial charge in [-0.3, -0.25) is 4.79 Å². The quantitative estimate of drug-likeness (QED) is 0.322. The molecule has 0 aliphatic heterocycles. The summed E-state index contributed by atoms with van der Waals surface area (Å²) < 4.78 is 9.95. The molecule has 0 aliphatic carbocycles. The van der Waals surface area contributed by atoms with Gasteiger partial charge in [0, 0.05) is 12.5 Å². The van der Waals surface area contributed by atoms with Crippen LogP contribution in [0.4, 0.5) is 4.79 Å². The van der Waals surface area contributed by atoms with Crippen molar-refractivity contribution in [1.29, 1.82) is 0 Å². The second kappa shape index (κ2) is 14.1. The number of benzene rings is 2. The number of carboxylic acid groups (broad SMARTS) is 1. The third kappa shape index (κ3) is 9.56. The molecule has 0 saturated heterocycles. The van der Waals surface area contributed by atoms with Gasteiger partial charge in [0.05, 0.1) is 6.61 Å². The normalized spacial score (nSPS) is 12.4. The molecule has 3 N–H and O–H groups in total. The van der Waals surface area contributed by atoms with Crippen molar-refractivity contribution < 1.29 is 33.8 Å². The minimum Gasteiger partial charge on any atom is -0.480 e. The average molecular weight is 469 g/mol. The number of carbonyl (C=O) groups is 4. The van der Waals surface area contributed by atoms with E-state index in [0.29, 0.717) is 0 Å². The first-order valence-electron chi connectivity index (χ1n) is 10.8. The Kier molecular flexibility index (Phi) is 10.8. The maximum absolute atomic E-state index is 12.9. The van der Waals surface area contributed by atoms with Crippen molar-refractivity contribution >= 4 is 23.9 Å². The number of aliphatic carboxylic acids is 1. The van der Waals surface area contributed by atoms with Crippen LogP contribution in [0.2, 0.25) is 0 Å². The molecular weight excluding hydrogens is 440 g/mol. The Morgan fingerprint density at radius 3 is 2.09 bits per heavy atom. The second-order valence-electron chi connectivity index (χ2n) is 7.24. The molecule has 0 radical (unpaired) electrons. The zero-order chi connectivity index (χ0) is 24.8. The van der Waals surface area contributed by atoms with Gasteiger partial charge in [-0.15, -0.1) is 0 Å². The van der Waals surface area contributed by atoms with E-state index in [1.54, 1.807) is 43.3 Å². The lowest BCUT2D eigenvalue weighted by Gasteiger charge is -2.21. The molecule has 2 rings (SSSR count). The lowest BCUT2D eigenvalue weighted by atomic mass is 10.0. The van der Waals surface area contributed by atoms with Gasteiger partial charge in [-0.05, 0) is 24.5 Å². The Hall–Kier alpha value is -4.14. The van der Waals surface area contributed by atoms with Crippen LogP contribution in [0, 0.1) is 0 Å². The fourth-order valence-corrected chi connectivity index (χ4v) is 2.95. The molecule has 0 unspecified atom stereocenters. The lowest BCUT2D eigenvalue weighted by Crippen LogP contribution is -2.52. The Labute approximate surface area is 197 Å². The van der Waals surface area contributed by atoms with E-state index in [1.807, 2.05) is 24.3 Å². The molecule has 0 bridgehead atoms. The van der Waals surface area contributed by atoms with Crippen LogP contribution in [-0.2, 0) is 36.9 Å². The first kappa shape index (κ1) is 26.1. The molecule has 180 valence electrons. The van der Waals surface area contributed by atoms with Crippen molar-refractivity contribution in [2.45, 2.75) is 38.5 Å². The number of alkyl carbamates (subject to hydrolysis) is 1. The predicted molar refractivity (Wildman–Crippen MR) is 124 cm³/mol. The monoisotopic (exact) mass is 468 g/mol. The first-order valence-corrected chi connectivity index (χ1v) is 10.8. The third-order valence-electron chi connectivity index (χ3n) is 4.63. The molecule has 0 aliphatic rings. The predicted octanol–water partition coefficient (Wildman–Crippen LogP) is 2.60. The highest BCUT2D eigenvalue weighted by molar-refractivity contribution is 5.89. The van der Waals surface area contributed by atoms with Crippen molar-refractivity contribution in [3.8, 4) is 0 Å². The van der Waals surface area contributed by atoms with Crippen LogP contribution in [0.5, 0.6) is 0 Å². The summed E-state index contributed by atoms with van der Waals surface area (Å²) in [6, 6.07) is 15.6. The van der Waals surface area contributed by atoms with Crippen molar-refractivity contribution in [3.63, 3.8) is 0 Å². The van der Waals surface area contributed by atoms with Gasteiger partial charge in [0.25, 0.3) is 0 Å². The van der Waals surface area contributed by atoms with Gasteiger partial charge in [-0.1, -0.05) is 66.7 Å². The zero-order valence-corrected chi connectivity index (χ0v) is 18.8. The van der Waals surface area contributed by atoms with E-state index in [-0.39, 0.29) is 26.1 Å². The van der Waals surface area contributed by atoms with Crippen LogP contribution >= 0.6 is 0 Å². The number of esters is 1. The number of amides is 2. The molecule has 2 aromatic rings. The molecule has 0 saturated carbocycles. The van der Waals surface area contributed by atoms with E-state index in [9.17, 15) is 24.3 Å². The number of nitrogens with one attached hydrogen (secondary N) is 2. The summed E-state index contributed by atoms with van der Waals surface area (Å²) >= 11 is 0. The van der Waals surface area contributed by atoms with E-state index < -0.39 is 36.0 Å². The van der Waals surface area contributed by atoms with E-state index in [0.717, 1.165) is 17.2 Å². The first-order chi connectivity index (χ1) is 16.4. The van der Waals surface area contributed by atoms with Crippen LogP contribution < -0.4 is 10.6 Å². The van der Waals surface area contributed by atoms with Crippen LogP contribution in [-0.4, -0.2) is 47.7 Å². The Morgan fingerprint density at radius 1 is 0.882 bits per heavy atom. The van der Waals surface area contributed by atoms with Crippen molar-refractivity contribution in [3.05, 3.63) is 83.9 Å². The molecular formula is C25H28N2O7. The number of carboxylic acids is 1. The van der Waals surface area contributed by atoms with Crippen LogP contribution in [0.1, 0.15) is 24.5 Å². The van der Waals surface area contributed by atoms with Crippen LogP contribution in [0.3, 0.4) is 0 Å². The van der Waals surface area contributed by atoms with E-state index in [2.05, 4.69) is 10.6 Å². The summed E-state index contributed by atoms with van der Waals surface area (Å²) in [5.74, 6) is -2.59. The molecule has 34 heavy (non-hydrogen) atoms. The summed E-state index contributed by atoms with van der Waals surface area (Å²) in [4.78, 5) is 48.3. The molecule has 2 aromatic carbocycles. The maximum Gasteiger partial charge on any atom is 0.408 e. The number of carbonyl (C=O) groups excluding carboxylic acids is 3. The summed E-state index contributed by atoms with van der Waals surface area (Å²) in [6.45, 7) is 1.86. The largest absolute Gasteiger partial charge is 0.480 e. The summed E-state index contributed by atoms with van der Waals surface area (Å²) in [5.41, 5.74) is 1.54. The van der Waals surface area contributed by atoms with Gasteiger partial charge in [0.2, 0.25) is 5.91 Å². The molecule has 0 aromatic heterocycles. The Morgan fingerprint density at radius 2 is 1.50 bits per heavy atom. The number of ether oxygens (including phenoxy) is 2. The van der Waals surface area contributed by atoms with Crippen molar-refractivity contribution in [1.82, 2.24) is 10.6 Å². The minimum atomic E-state index is -1.31. The molecule has 9 nitrogen and oxygen atoms in total. The molecule has 0 heterocycles. The van der Waals surface area contributed by atoms with Gasteiger partial charge in [-0.25, -0.2) is 14.4 Å². The SMILES string of the molecule is CCOC(=O)/C=C/C[C@@H](NC(=O)[C@H](Cc1ccccc1)NC(=O)OCc1ccccc1)C(=O)O. The van der Waals surface area contributed by atoms with Crippen LogP contribution in [0.25, 0.3) is 0 Å². The van der Waals surface area contributed by atoms with Gasteiger partial charge in [-0.2, -0.15) is 0 Å². The minimum absolute atomic E-state index is 0.0166. The molecule has 0 spiro atoms. The molecule has 9 heteroatoms. The highest BCUT2D eigenvalue weighted by atomic mass is 16.5. The zero-order valence-electron chi connectivity index (χ0n) is 18.8. The standard InChI is InChI=1S/C25H28N2O7/c1-2-33-22(28)15-9-14-20(24(30)31)26-23(29)21(16-18-10-5-3-6-11-18)27-25(32)34-17-19-12-7-4-8-13-19/h3-13,15,20-21H,2,14,16-17H2,1H3,(H,26,29)(H,27,32)(H,30,31)/b15-9+/t20-,21+/m1/s1. The van der Waals surface area contributed by atoms with Gasteiger partial charge >= 0.3 is 18.0 Å². The fourth-order valence-electron chi connectivity index (χ4n) is 2.95. The highest BCUT2D eigenvalue weighted by Crippen LogP contribution is 2.07. The molecule has 0 fully saturated rings. The second-order valence-corrected chi connectivity index (χ2v) is 7.24. The van der Waals surface area contributed by atoms with Crippen molar-refractivity contribution in [2.24, 2.45) is 0 Å². The number of hydrogen-bond donors (Lipinski definition) is 3. The van der Waals surface area contributed by atoms with E-state index >= 15 is 0 Å². The van der Waals surface area contributed by atoms with Crippen LogP contribution in [0.15, 0.2) is 72.8 Å². The summed E-state index contributed by atoms with van der Waals surface area (Å²) in [6.07, 6.45) is 1.58. The fraction of sp³-hybridized carbons (Fsp3) is 0.280. The molecule has 2 atom stereocenters. The summed E-state index contributed by atoms with van der Waals surface area (Å²) in [7, 11) is 0.